The SMILES string of the molecule is CC(=O)OC(=O)C(C(C)=O)(C(=O)c1ccccc1C(C)=O)N(C(C)=O)C(=O)C(C)=O. The maximum Gasteiger partial charge on any atom is 0.356 e. The number of Topliss-reactive ketones (excluding diaryl/α,β-unsaturated/α-hetero) is 4. The highest BCUT2D eigenvalue weighted by Gasteiger charge is 2.61. The van der Waals surface area contributed by atoms with E-state index < -0.39 is 58.0 Å². The minimum Gasteiger partial charge on any atom is -0.391 e. The van der Waals surface area contributed by atoms with Crippen molar-refractivity contribution in [2.45, 2.75) is 40.2 Å². The van der Waals surface area contributed by atoms with Gasteiger partial charge in [0.25, 0.3) is 11.4 Å². The lowest BCUT2D eigenvalue weighted by molar-refractivity contribution is -0.174. The highest BCUT2D eigenvalue weighted by molar-refractivity contribution is 6.44. The molecular formula is C20H19NO9. The number of benzene rings is 1. The largest absolute Gasteiger partial charge is 0.391 e. The number of hydrogen-bond acceptors (Lipinski definition) is 9. The molecule has 0 aromatic heterocycles. The monoisotopic (exact) mass is 417 g/mol. The fraction of sp³-hybridized carbons (Fsp3) is 0.300. The molecule has 0 fully saturated rings. The summed E-state index contributed by atoms with van der Waals surface area (Å²) in [6.07, 6.45) is 0. The molecule has 1 atom stereocenters. The number of carbonyl (C=O) groups excluding carboxylic acids is 8. The van der Waals surface area contributed by atoms with Crippen LogP contribution in [0, 0.1) is 0 Å². The van der Waals surface area contributed by atoms with Gasteiger partial charge in [-0.1, -0.05) is 24.3 Å². The van der Waals surface area contributed by atoms with Gasteiger partial charge in [-0.05, 0) is 13.8 Å². The Bertz CT molecular complexity index is 992. The summed E-state index contributed by atoms with van der Waals surface area (Å²) in [5.41, 5.74) is -4.03. The highest BCUT2D eigenvalue weighted by atomic mass is 16.6. The van der Waals surface area contributed by atoms with Crippen LogP contribution in [0.4, 0.5) is 0 Å². The maximum absolute atomic E-state index is 13.5. The van der Waals surface area contributed by atoms with Crippen molar-refractivity contribution in [3.63, 3.8) is 0 Å². The number of esters is 2. The zero-order valence-electron chi connectivity index (χ0n) is 16.9. The molecule has 30 heavy (non-hydrogen) atoms. The van der Waals surface area contributed by atoms with Crippen molar-refractivity contribution in [1.82, 2.24) is 4.90 Å². The Hall–Kier alpha value is -3.82. The van der Waals surface area contributed by atoms with Crippen LogP contribution in [0.2, 0.25) is 0 Å². The molecular weight excluding hydrogens is 398 g/mol. The van der Waals surface area contributed by atoms with Crippen molar-refractivity contribution in [3.8, 4) is 0 Å². The Kier molecular flexibility index (Phi) is 7.36. The minimum atomic E-state index is -3.33. The third-order valence-electron chi connectivity index (χ3n) is 4.08. The topological polar surface area (TPSA) is 149 Å². The second-order valence-corrected chi connectivity index (χ2v) is 6.29. The molecule has 0 bridgehead atoms. The van der Waals surface area contributed by atoms with Gasteiger partial charge in [-0.25, -0.2) is 9.69 Å². The van der Waals surface area contributed by atoms with Crippen molar-refractivity contribution in [1.29, 1.82) is 0 Å². The van der Waals surface area contributed by atoms with Crippen LogP contribution in [0.15, 0.2) is 24.3 Å². The first-order valence-corrected chi connectivity index (χ1v) is 8.54. The molecule has 10 heteroatoms. The molecule has 0 aliphatic heterocycles. The van der Waals surface area contributed by atoms with Crippen LogP contribution in [0.5, 0.6) is 0 Å². The van der Waals surface area contributed by atoms with Crippen LogP contribution in [0.25, 0.3) is 0 Å². The minimum absolute atomic E-state index is 0.137. The van der Waals surface area contributed by atoms with Gasteiger partial charge < -0.3 is 4.74 Å². The molecule has 10 nitrogen and oxygen atoms in total. The summed E-state index contributed by atoms with van der Waals surface area (Å²) in [6, 6.07) is 5.03. The zero-order valence-corrected chi connectivity index (χ0v) is 16.9. The average molecular weight is 417 g/mol. The number of rotatable bonds is 7. The summed E-state index contributed by atoms with van der Waals surface area (Å²) in [4.78, 5) is 98.7. The van der Waals surface area contributed by atoms with Gasteiger partial charge in [0.15, 0.2) is 11.6 Å². The van der Waals surface area contributed by atoms with Crippen LogP contribution in [-0.4, -0.2) is 57.3 Å². The van der Waals surface area contributed by atoms with Gasteiger partial charge in [0.05, 0.1) is 0 Å². The normalized spacial score (nSPS) is 12.2. The number of hydrogen-bond donors (Lipinski definition) is 0. The number of nitrogens with zero attached hydrogens (tertiary/aromatic N) is 1. The summed E-state index contributed by atoms with van der Waals surface area (Å²) in [5.74, 6) is -10.8. The summed E-state index contributed by atoms with van der Waals surface area (Å²) >= 11 is 0. The van der Waals surface area contributed by atoms with Crippen LogP contribution in [0.3, 0.4) is 0 Å². The molecule has 0 radical (unpaired) electrons. The van der Waals surface area contributed by atoms with Gasteiger partial charge in [0.1, 0.15) is 0 Å². The molecule has 1 aromatic rings. The Balaban J connectivity index is 4.06. The molecule has 0 aliphatic rings. The second-order valence-electron chi connectivity index (χ2n) is 6.29. The second kappa shape index (κ2) is 9.12. The van der Waals surface area contributed by atoms with E-state index in [0.29, 0.717) is 6.92 Å². The maximum atomic E-state index is 13.5. The van der Waals surface area contributed by atoms with E-state index in [-0.39, 0.29) is 10.5 Å². The van der Waals surface area contributed by atoms with E-state index >= 15 is 0 Å². The van der Waals surface area contributed by atoms with E-state index in [0.717, 1.165) is 33.8 Å². The molecule has 0 saturated heterocycles. The standard InChI is InChI=1S/C20H19NO9/c1-10(22)15-8-6-7-9-16(15)17(27)20(12(3)24,19(29)30-14(5)26)21(13(4)25)18(28)11(2)23/h6-9H,1-5H3. The van der Waals surface area contributed by atoms with Gasteiger partial charge in [-0.2, -0.15) is 0 Å². The number of carbonyl (C=O) groups is 8. The predicted molar refractivity (Wildman–Crippen MR) is 99.2 cm³/mol. The number of amides is 2. The zero-order chi connectivity index (χ0) is 23.4. The molecule has 1 unspecified atom stereocenters. The Morgan fingerprint density at radius 3 is 1.67 bits per heavy atom. The molecule has 1 aromatic carbocycles. The third kappa shape index (κ3) is 4.27. The van der Waals surface area contributed by atoms with E-state index in [2.05, 4.69) is 4.74 Å². The third-order valence-corrected chi connectivity index (χ3v) is 4.08. The van der Waals surface area contributed by atoms with Crippen LogP contribution < -0.4 is 0 Å². The van der Waals surface area contributed by atoms with Crippen LogP contribution >= 0.6 is 0 Å². The average Bonchev–Trinajstić information content (AvgIpc) is 2.63. The van der Waals surface area contributed by atoms with E-state index in [1.807, 2.05) is 0 Å². The Morgan fingerprint density at radius 2 is 1.30 bits per heavy atom. The van der Waals surface area contributed by atoms with Gasteiger partial charge in [0, 0.05) is 31.9 Å². The number of ether oxygens (including phenoxy) is 1. The lowest BCUT2D eigenvalue weighted by atomic mass is 9.81. The Morgan fingerprint density at radius 1 is 0.800 bits per heavy atom. The van der Waals surface area contributed by atoms with E-state index in [4.69, 9.17) is 0 Å². The molecule has 1 rings (SSSR count). The first-order chi connectivity index (χ1) is 13.8. The summed E-state index contributed by atoms with van der Waals surface area (Å²) in [6.45, 7) is 4.11. The fourth-order valence-electron chi connectivity index (χ4n) is 2.82. The number of ketones is 4. The lowest BCUT2D eigenvalue weighted by Crippen LogP contribution is -2.69. The summed E-state index contributed by atoms with van der Waals surface area (Å²) in [7, 11) is 0. The van der Waals surface area contributed by atoms with Gasteiger partial charge in [-0.3, -0.25) is 33.6 Å². The summed E-state index contributed by atoms with van der Waals surface area (Å²) in [5, 5.41) is 0. The summed E-state index contributed by atoms with van der Waals surface area (Å²) < 4.78 is 4.42. The first-order valence-electron chi connectivity index (χ1n) is 8.54. The van der Waals surface area contributed by atoms with Gasteiger partial charge >= 0.3 is 11.9 Å². The fourth-order valence-corrected chi connectivity index (χ4v) is 2.82. The van der Waals surface area contributed by atoms with E-state index in [9.17, 15) is 38.4 Å². The molecule has 158 valence electrons. The number of imide groups is 1. The quantitative estimate of drug-likeness (QED) is 0.267. The van der Waals surface area contributed by atoms with Crippen molar-refractivity contribution in [2.75, 3.05) is 0 Å². The van der Waals surface area contributed by atoms with Gasteiger partial charge in [0.2, 0.25) is 17.5 Å². The molecule has 0 aliphatic carbocycles. The first kappa shape index (κ1) is 24.2. The Labute approximate surface area is 171 Å². The van der Waals surface area contributed by atoms with Crippen molar-refractivity contribution >= 4 is 46.9 Å². The lowest BCUT2D eigenvalue weighted by Gasteiger charge is -2.36. The molecule has 2 amide bonds. The van der Waals surface area contributed by atoms with Crippen molar-refractivity contribution < 1.29 is 43.1 Å². The van der Waals surface area contributed by atoms with Crippen LogP contribution in [-0.2, 0) is 33.5 Å². The molecule has 0 N–H and O–H groups in total. The van der Waals surface area contributed by atoms with Crippen LogP contribution in [0.1, 0.15) is 55.3 Å². The smallest absolute Gasteiger partial charge is 0.356 e. The van der Waals surface area contributed by atoms with Gasteiger partial charge in [-0.15, -0.1) is 0 Å². The molecule has 0 spiro atoms. The van der Waals surface area contributed by atoms with E-state index in [1.54, 1.807) is 0 Å². The van der Waals surface area contributed by atoms with Crippen molar-refractivity contribution in [2.24, 2.45) is 0 Å². The van der Waals surface area contributed by atoms with E-state index in [1.165, 1.54) is 18.2 Å². The predicted octanol–water partition coefficient (Wildman–Crippen LogP) is 0.453. The van der Waals surface area contributed by atoms with Crippen molar-refractivity contribution in [3.05, 3.63) is 35.4 Å². The highest BCUT2D eigenvalue weighted by Crippen LogP contribution is 2.28. The molecule has 0 heterocycles. The molecule has 0 saturated carbocycles.